The lowest BCUT2D eigenvalue weighted by Gasteiger charge is -1.99. The predicted octanol–water partition coefficient (Wildman–Crippen LogP) is 0.667. The molecular formula is C5H8O3. The summed E-state index contributed by atoms with van der Waals surface area (Å²) in [6, 6.07) is 0. The molecule has 8 heavy (non-hydrogen) atoms. The number of carbonyl (C=O) groups excluding carboxylic acids is 1. The molecule has 0 saturated carbocycles. The van der Waals surface area contributed by atoms with Crippen LogP contribution in [0.25, 0.3) is 0 Å². The minimum absolute atomic E-state index is 0.0255. The average molecular weight is 116 g/mol. The van der Waals surface area contributed by atoms with Gasteiger partial charge in [0.05, 0.1) is 7.11 Å². The molecule has 0 amide bonds. The Balaban J connectivity index is 3.40. The van der Waals surface area contributed by atoms with Crippen molar-refractivity contribution in [2.45, 2.75) is 6.92 Å². The van der Waals surface area contributed by atoms with E-state index in [1.165, 1.54) is 14.0 Å². The van der Waals surface area contributed by atoms with Gasteiger partial charge < -0.3 is 9.47 Å². The maximum Gasteiger partial charge on any atom is 0.310 e. The molecule has 0 saturated heterocycles. The third kappa shape index (κ3) is 3.21. The number of rotatable bonds is 2. The number of hydrogen-bond acceptors (Lipinski definition) is 3. The maximum atomic E-state index is 10.0. The first-order valence-corrected chi connectivity index (χ1v) is 2.08. The van der Waals surface area contributed by atoms with E-state index < -0.39 is 5.97 Å². The number of hydrogen-bond donors (Lipinski definition) is 0. The summed E-state index contributed by atoms with van der Waals surface area (Å²) >= 11 is 0. The molecule has 0 heterocycles. The standard InChI is InChI=1S/C5H8O3/c1-4(6)8-5(2)7-3/h2H2,1,3H3. The molecule has 3 nitrogen and oxygen atoms in total. The van der Waals surface area contributed by atoms with Gasteiger partial charge in [0.1, 0.15) is 0 Å². The molecule has 0 N–H and O–H groups in total. The van der Waals surface area contributed by atoms with Gasteiger partial charge in [0.15, 0.2) is 0 Å². The predicted molar refractivity (Wildman–Crippen MR) is 27.9 cm³/mol. The van der Waals surface area contributed by atoms with E-state index in [1.54, 1.807) is 0 Å². The molecule has 0 aliphatic rings. The summed E-state index contributed by atoms with van der Waals surface area (Å²) in [5, 5.41) is 0. The Morgan fingerprint density at radius 3 is 2.25 bits per heavy atom. The Hall–Kier alpha value is -0.990. The van der Waals surface area contributed by atoms with Crippen LogP contribution in [0.4, 0.5) is 0 Å². The molecule has 3 heteroatoms. The molecule has 0 atom stereocenters. The second-order valence-corrected chi connectivity index (χ2v) is 1.17. The van der Waals surface area contributed by atoms with Crippen LogP contribution in [0.3, 0.4) is 0 Å². The first-order valence-electron chi connectivity index (χ1n) is 2.08. The summed E-state index contributed by atoms with van der Waals surface area (Å²) in [6.07, 6.45) is 0. The second kappa shape index (κ2) is 3.07. The first kappa shape index (κ1) is 7.01. The molecule has 46 valence electrons. The Morgan fingerprint density at radius 1 is 1.62 bits per heavy atom. The molecule has 0 unspecified atom stereocenters. The van der Waals surface area contributed by atoms with Gasteiger partial charge in [-0.15, -0.1) is 0 Å². The third-order valence-corrected chi connectivity index (χ3v) is 0.485. The zero-order valence-corrected chi connectivity index (χ0v) is 4.93. The van der Waals surface area contributed by atoms with Crippen LogP contribution < -0.4 is 0 Å². The van der Waals surface area contributed by atoms with Gasteiger partial charge in [-0.1, -0.05) is 0 Å². The zero-order chi connectivity index (χ0) is 6.57. The summed E-state index contributed by atoms with van der Waals surface area (Å²) in [7, 11) is 1.38. The lowest BCUT2D eigenvalue weighted by molar-refractivity contribution is -0.141. The Bertz CT molecular complexity index is 106. The summed E-state index contributed by atoms with van der Waals surface area (Å²) in [6.45, 7) is 4.53. The van der Waals surface area contributed by atoms with Crippen molar-refractivity contribution in [3.05, 3.63) is 12.5 Å². The van der Waals surface area contributed by atoms with Gasteiger partial charge >= 0.3 is 5.97 Å². The Morgan fingerprint density at radius 2 is 2.12 bits per heavy atom. The average Bonchev–Trinajstić information content (AvgIpc) is 1.65. The summed E-state index contributed by atoms with van der Waals surface area (Å²) in [5.74, 6) is -0.394. The van der Waals surface area contributed by atoms with E-state index in [0.717, 1.165) is 0 Å². The minimum atomic E-state index is -0.420. The third-order valence-electron chi connectivity index (χ3n) is 0.485. The number of esters is 1. The highest BCUT2D eigenvalue weighted by Gasteiger charge is 1.93. The smallest absolute Gasteiger partial charge is 0.310 e. The van der Waals surface area contributed by atoms with Crippen molar-refractivity contribution in [2.75, 3.05) is 7.11 Å². The Labute approximate surface area is 47.9 Å². The van der Waals surface area contributed by atoms with E-state index in [0.29, 0.717) is 0 Å². The molecule has 0 fully saturated rings. The molecule has 0 spiro atoms. The number of methoxy groups -OCH3 is 1. The van der Waals surface area contributed by atoms with Gasteiger partial charge in [-0.25, -0.2) is 0 Å². The van der Waals surface area contributed by atoms with Crippen LogP contribution in [-0.4, -0.2) is 13.1 Å². The van der Waals surface area contributed by atoms with Gasteiger partial charge in [-0.3, -0.25) is 4.79 Å². The minimum Gasteiger partial charge on any atom is -0.469 e. The van der Waals surface area contributed by atoms with Crippen molar-refractivity contribution in [1.29, 1.82) is 0 Å². The van der Waals surface area contributed by atoms with E-state index in [9.17, 15) is 4.79 Å². The quantitative estimate of drug-likeness (QED) is 0.393. The van der Waals surface area contributed by atoms with Crippen LogP contribution >= 0.6 is 0 Å². The number of ether oxygens (including phenoxy) is 2. The largest absolute Gasteiger partial charge is 0.469 e. The molecule has 0 bridgehead atoms. The molecule has 0 rings (SSSR count). The Kier molecular flexibility index (Phi) is 2.69. The molecule has 0 aromatic heterocycles. The van der Waals surface area contributed by atoms with Gasteiger partial charge in [0, 0.05) is 6.92 Å². The molecule has 0 aliphatic heterocycles. The van der Waals surface area contributed by atoms with Crippen LogP contribution in [0, 0.1) is 0 Å². The maximum absolute atomic E-state index is 10.0. The molecule has 0 aromatic rings. The fourth-order valence-corrected chi connectivity index (χ4v) is 0.202. The second-order valence-electron chi connectivity index (χ2n) is 1.17. The molecular weight excluding hydrogens is 108 g/mol. The van der Waals surface area contributed by atoms with E-state index in [1.807, 2.05) is 0 Å². The summed E-state index contributed by atoms with van der Waals surface area (Å²) < 4.78 is 8.77. The van der Waals surface area contributed by atoms with Gasteiger partial charge in [0.2, 0.25) is 0 Å². The van der Waals surface area contributed by atoms with E-state index in [2.05, 4.69) is 16.1 Å². The highest BCUT2D eigenvalue weighted by molar-refractivity contribution is 5.66. The van der Waals surface area contributed by atoms with Crippen molar-refractivity contribution in [1.82, 2.24) is 0 Å². The number of carbonyl (C=O) groups is 1. The molecule has 0 aromatic carbocycles. The highest BCUT2D eigenvalue weighted by Crippen LogP contribution is 1.91. The SMILES string of the molecule is C=C(OC)OC(C)=O. The molecule has 0 radical (unpaired) electrons. The lowest BCUT2D eigenvalue weighted by atomic mass is 10.8. The fraction of sp³-hybridized carbons (Fsp3) is 0.400. The van der Waals surface area contributed by atoms with Crippen molar-refractivity contribution in [3.8, 4) is 0 Å². The van der Waals surface area contributed by atoms with Crippen LogP contribution in [0.2, 0.25) is 0 Å². The van der Waals surface area contributed by atoms with Crippen molar-refractivity contribution in [2.24, 2.45) is 0 Å². The van der Waals surface area contributed by atoms with E-state index in [-0.39, 0.29) is 5.95 Å². The van der Waals surface area contributed by atoms with Gasteiger partial charge in [-0.2, -0.15) is 0 Å². The van der Waals surface area contributed by atoms with E-state index >= 15 is 0 Å². The summed E-state index contributed by atoms with van der Waals surface area (Å²) in [4.78, 5) is 10.0. The monoisotopic (exact) mass is 116 g/mol. The zero-order valence-electron chi connectivity index (χ0n) is 4.93. The van der Waals surface area contributed by atoms with E-state index in [4.69, 9.17) is 0 Å². The van der Waals surface area contributed by atoms with Crippen molar-refractivity contribution < 1.29 is 14.3 Å². The summed E-state index contributed by atoms with van der Waals surface area (Å²) in [5.41, 5.74) is 0. The normalized spacial score (nSPS) is 7.75. The highest BCUT2D eigenvalue weighted by atomic mass is 16.7. The topological polar surface area (TPSA) is 35.5 Å². The van der Waals surface area contributed by atoms with Gasteiger partial charge in [0.25, 0.3) is 5.95 Å². The van der Waals surface area contributed by atoms with Crippen LogP contribution in [-0.2, 0) is 14.3 Å². The van der Waals surface area contributed by atoms with Crippen molar-refractivity contribution in [3.63, 3.8) is 0 Å². The van der Waals surface area contributed by atoms with Crippen LogP contribution in [0.15, 0.2) is 12.5 Å². The fourth-order valence-electron chi connectivity index (χ4n) is 0.202. The van der Waals surface area contributed by atoms with Gasteiger partial charge in [-0.05, 0) is 6.58 Å². The molecule has 0 aliphatic carbocycles. The van der Waals surface area contributed by atoms with Crippen LogP contribution in [0.5, 0.6) is 0 Å². The lowest BCUT2D eigenvalue weighted by Crippen LogP contribution is -1.98. The van der Waals surface area contributed by atoms with Crippen LogP contribution in [0.1, 0.15) is 6.92 Å². The first-order chi connectivity index (χ1) is 3.66. The van der Waals surface area contributed by atoms with Crippen molar-refractivity contribution >= 4 is 5.97 Å².